The maximum Gasteiger partial charge on any atom is 0.318 e. The summed E-state index contributed by atoms with van der Waals surface area (Å²) in [5.41, 5.74) is 3.06. The average molecular weight is 726 g/mol. The van der Waals surface area contributed by atoms with Crippen molar-refractivity contribution in [1.82, 2.24) is 30.1 Å². The zero-order valence-corrected chi connectivity index (χ0v) is 30.7. The molecule has 2 saturated heterocycles. The van der Waals surface area contributed by atoms with Crippen molar-refractivity contribution in [1.29, 1.82) is 0 Å². The van der Waals surface area contributed by atoms with E-state index in [1.807, 2.05) is 26.0 Å². The number of hydrogen-bond donors (Lipinski definition) is 2. The molecule has 3 aliphatic heterocycles. The molecule has 5 atom stereocenters. The van der Waals surface area contributed by atoms with Crippen LogP contribution in [-0.4, -0.2) is 91.9 Å². The number of anilines is 1. The quantitative estimate of drug-likeness (QED) is 0.237. The predicted octanol–water partition coefficient (Wildman–Crippen LogP) is 4.83. The number of nitrogens with one attached hydrogen (secondary N) is 1. The molecule has 0 bridgehead atoms. The summed E-state index contributed by atoms with van der Waals surface area (Å²) in [5.74, 6) is 2.71. The van der Waals surface area contributed by atoms with Crippen molar-refractivity contribution in [2.75, 3.05) is 37.7 Å². The number of halogens is 2. The summed E-state index contributed by atoms with van der Waals surface area (Å²) in [6.07, 6.45) is 14.1. The van der Waals surface area contributed by atoms with Crippen LogP contribution >= 0.6 is 0 Å². The molecular formula is C41H49F2N7O3. The van der Waals surface area contributed by atoms with Gasteiger partial charge < -0.3 is 20.1 Å². The van der Waals surface area contributed by atoms with Crippen molar-refractivity contribution in [2.45, 2.75) is 101 Å². The van der Waals surface area contributed by atoms with Crippen LogP contribution in [0.3, 0.4) is 0 Å². The van der Waals surface area contributed by atoms with E-state index in [4.69, 9.17) is 21.1 Å². The second kappa shape index (κ2) is 15.1. The summed E-state index contributed by atoms with van der Waals surface area (Å²) >= 11 is 0. The van der Waals surface area contributed by atoms with E-state index in [0.29, 0.717) is 58.4 Å². The summed E-state index contributed by atoms with van der Waals surface area (Å²) in [6.45, 7) is 10.8. The van der Waals surface area contributed by atoms with Crippen LogP contribution in [0.2, 0.25) is 0 Å². The van der Waals surface area contributed by atoms with E-state index in [9.17, 15) is 9.90 Å². The van der Waals surface area contributed by atoms with E-state index in [2.05, 4.69) is 37.5 Å². The predicted molar refractivity (Wildman–Crippen MR) is 198 cm³/mol. The molecule has 12 heteroatoms. The molecule has 1 amide bonds. The first-order valence-corrected chi connectivity index (χ1v) is 18.7. The van der Waals surface area contributed by atoms with Gasteiger partial charge >= 0.3 is 6.01 Å². The van der Waals surface area contributed by atoms with Gasteiger partial charge in [0.25, 0.3) is 0 Å². The number of rotatable bonds is 9. The molecule has 53 heavy (non-hydrogen) atoms. The number of aliphatic hydroxyl groups is 1. The summed E-state index contributed by atoms with van der Waals surface area (Å²) in [6, 6.07) is 6.79. The van der Waals surface area contributed by atoms with Gasteiger partial charge in [0, 0.05) is 82.2 Å². The molecule has 4 aliphatic rings. The second-order valence-electron chi connectivity index (χ2n) is 15.7. The highest BCUT2D eigenvalue weighted by Crippen LogP contribution is 2.44. The van der Waals surface area contributed by atoms with Gasteiger partial charge in [-0.05, 0) is 86.9 Å². The Hall–Kier alpha value is -4.44. The Morgan fingerprint density at radius 2 is 1.98 bits per heavy atom. The third-order valence-electron chi connectivity index (χ3n) is 11.4. The second-order valence-corrected chi connectivity index (χ2v) is 15.7. The zero-order valence-electron chi connectivity index (χ0n) is 30.7. The number of amides is 1. The van der Waals surface area contributed by atoms with E-state index in [1.54, 1.807) is 18.5 Å². The molecule has 7 rings (SSSR count). The molecule has 0 saturated carbocycles. The molecule has 1 aromatic carbocycles. The Bertz CT molecular complexity index is 1890. The van der Waals surface area contributed by atoms with Crippen LogP contribution in [-0.2, 0) is 30.7 Å². The number of likely N-dealkylation sites (tertiary alicyclic amines) is 1. The van der Waals surface area contributed by atoms with Crippen LogP contribution < -0.4 is 15.0 Å². The Kier molecular flexibility index (Phi) is 10.5. The number of carbonyl (C=O) groups is 1. The molecule has 280 valence electrons. The number of ether oxygens (including phenoxy) is 1. The summed E-state index contributed by atoms with van der Waals surface area (Å²) < 4.78 is 36.6. The molecule has 2 N–H and O–H groups in total. The van der Waals surface area contributed by atoms with Crippen LogP contribution in [0.1, 0.15) is 85.5 Å². The fourth-order valence-corrected chi connectivity index (χ4v) is 8.81. The largest absolute Gasteiger partial charge is 0.461 e. The molecule has 0 spiro atoms. The van der Waals surface area contributed by atoms with Crippen LogP contribution in [0, 0.1) is 18.2 Å². The number of benzene rings is 1. The van der Waals surface area contributed by atoms with E-state index >= 15 is 8.78 Å². The van der Waals surface area contributed by atoms with Crippen molar-refractivity contribution in [2.24, 2.45) is 0 Å². The highest BCUT2D eigenvalue weighted by Gasteiger charge is 2.44. The molecule has 3 aromatic rings. The van der Waals surface area contributed by atoms with E-state index in [-0.39, 0.29) is 36.2 Å². The van der Waals surface area contributed by atoms with Crippen molar-refractivity contribution < 1.29 is 23.4 Å². The SMILES string of the molecule is C#Cc1c(F)ccc2c1[C@@H](N1CCc3c(nc(OC[C@]4(C)C[C@@H](F)CN4Cc4ccncc4)nc3N3CCCCC(NC(=O)C=C)C3)C1)C[C@@](C)(O)C2. The molecule has 5 heterocycles. The van der Waals surface area contributed by atoms with Crippen molar-refractivity contribution >= 4 is 11.7 Å². The first-order valence-electron chi connectivity index (χ1n) is 18.7. The topological polar surface area (TPSA) is 107 Å². The monoisotopic (exact) mass is 725 g/mol. The number of pyridine rings is 1. The van der Waals surface area contributed by atoms with Crippen LogP contribution in [0.25, 0.3) is 0 Å². The van der Waals surface area contributed by atoms with E-state index in [0.717, 1.165) is 59.6 Å². The lowest BCUT2D eigenvalue weighted by molar-refractivity contribution is -0.117. The van der Waals surface area contributed by atoms with Gasteiger partial charge in [-0.15, -0.1) is 6.42 Å². The highest BCUT2D eigenvalue weighted by molar-refractivity contribution is 5.87. The molecule has 2 aromatic heterocycles. The molecule has 0 radical (unpaired) electrons. The fourth-order valence-electron chi connectivity index (χ4n) is 8.81. The lowest BCUT2D eigenvalue weighted by Gasteiger charge is -2.44. The molecule has 1 aliphatic carbocycles. The Labute approximate surface area is 310 Å². The lowest BCUT2D eigenvalue weighted by atomic mass is 9.75. The normalized spacial score (nSPS) is 27.6. The van der Waals surface area contributed by atoms with Gasteiger partial charge in [0.05, 0.1) is 22.4 Å². The average Bonchev–Trinajstić information content (AvgIpc) is 3.26. The third-order valence-corrected chi connectivity index (χ3v) is 11.4. The minimum atomic E-state index is -1.00. The minimum absolute atomic E-state index is 0.0863. The van der Waals surface area contributed by atoms with Gasteiger partial charge in [-0.3, -0.25) is 19.6 Å². The van der Waals surface area contributed by atoms with Gasteiger partial charge in [0.15, 0.2) is 0 Å². The Morgan fingerprint density at radius 1 is 1.17 bits per heavy atom. The number of nitrogens with zero attached hydrogens (tertiary/aromatic N) is 6. The maximum atomic E-state index is 15.1. The molecule has 2 fully saturated rings. The van der Waals surface area contributed by atoms with Gasteiger partial charge in [0.2, 0.25) is 5.91 Å². The first kappa shape index (κ1) is 36.9. The number of alkyl halides is 1. The van der Waals surface area contributed by atoms with Gasteiger partial charge in [-0.25, -0.2) is 8.78 Å². The number of aromatic nitrogens is 3. The Morgan fingerprint density at radius 3 is 2.75 bits per heavy atom. The zero-order chi connectivity index (χ0) is 37.3. The van der Waals surface area contributed by atoms with E-state index in [1.165, 1.54) is 12.1 Å². The van der Waals surface area contributed by atoms with E-state index < -0.39 is 23.1 Å². The highest BCUT2D eigenvalue weighted by atomic mass is 19.1. The Balaban J connectivity index is 1.22. The minimum Gasteiger partial charge on any atom is -0.461 e. The van der Waals surface area contributed by atoms with Gasteiger partial charge in [0.1, 0.15) is 24.4 Å². The number of terminal acetylenes is 1. The van der Waals surface area contributed by atoms with Crippen LogP contribution in [0.4, 0.5) is 14.6 Å². The smallest absolute Gasteiger partial charge is 0.318 e. The van der Waals surface area contributed by atoms with Crippen LogP contribution in [0.5, 0.6) is 6.01 Å². The number of carbonyl (C=O) groups excluding carboxylic acids is 1. The molecule has 10 nitrogen and oxygen atoms in total. The van der Waals surface area contributed by atoms with Crippen molar-refractivity contribution in [3.05, 3.63) is 88.6 Å². The van der Waals surface area contributed by atoms with Crippen molar-refractivity contribution in [3.63, 3.8) is 0 Å². The van der Waals surface area contributed by atoms with Crippen molar-refractivity contribution in [3.8, 4) is 18.4 Å². The maximum absolute atomic E-state index is 15.1. The summed E-state index contributed by atoms with van der Waals surface area (Å²) in [7, 11) is 0. The van der Waals surface area contributed by atoms with Crippen LogP contribution in [0.15, 0.2) is 49.3 Å². The number of hydrogen-bond acceptors (Lipinski definition) is 9. The first-order chi connectivity index (χ1) is 25.4. The summed E-state index contributed by atoms with van der Waals surface area (Å²) in [4.78, 5) is 33.1. The fraction of sp³-hybridized carbons (Fsp3) is 0.512. The van der Waals surface area contributed by atoms with Gasteiger partial charge in [-0.2, -0.15) is 9.97 Å². The molecular weight excluding hydrogens is 676 g/mol. The lowest BCUT2D eigenvalue weighted by Crippen LogP contribution is -2.46. The summed E-state index contributed by atoms with van der Waals surface area (Å²) in [5, 5.41) is 14.5. The molecule has 1 unspecified atom stereocenters. The standard InChI is InChI=1S/C41H49F2N7O3/c1-5-31-33(43)11-10-28-19-41(4,52)21-35(37(28)31)48-18-14-32-34(25-48)46-39(47-38(32)49-17-8-7-9-30(24-49)45-36(51)6-2)53-26-40(3)20-29(42)23-50(40)22-27-12-15-44-16-13-27/h1,6,10-13,15-16,29-30,35,52H,2,7-9,14,17-26H2,3-4H3,(H,45,51)/t29-,30?,35+,40+,41+/m1/s1. The number of fused-ring (bicyclic) bond motifs is 2. The van der Waals surface area contributed by atoms with Gasteiger partial charge in [-0.1, -0.05) is 18.6 Å². The third kappa shape index (κ3) is 7.93.